The van der Waals surface area contributed by atoms with E-state index in [-0.39, 0.29) is 0 Å². The van der Waals surface area contributed by atoms with Crippen molar-refractivity contribution in [2.24, 2.45) is 0 Å². The molecule has 0 radical (unpaired) electrons. The van der Waals surface area contributed by atoms with Crippen molar-refractivity contribution in [1.82, 2.24) is 10.5 Å². The monoisotopic (exact) mass is 392 g/mol. The van der Waals surface area contributed by atoms with Crippen molar-refractivity contribution in [2.45, 2.75) is 69.2 Å². The summed E-state index contributed by atoms with van der Waals surface area (Å²) in [7, 11) is 0. The number of hydrogen-bond donors (Lipinski definition) is 1. The van der Waals surface area contributed by atoms with Gasteiger partial charge in [0.05, 0.1) is 22.8 Å². The topological polar surface area (TPSA) is 47.3 Å². The third-order valence-electron chi connectivity index (χ3n) is 5.93. The van der Waals surface area contributed by atoms with Crippen LogP contribution in [0.25, 0.3) is 11.3 Å². The number of nitrogens with one attached hydrogen (secondary N) is 1. The lowest BCUT2D eigenvalue weighted by Gasteiger charge is -2.29. The van der Waals surface area contributed by atoms with Gasteiger partial charge in [0.25, 0.3) is 0 Å². The number of fused-ring (bicyclic) bond motifs is 2. The lowest BCUT2D eigenvalue weighted by atomic mass is 9.98. The zero-order valence-corrected chi connectivity index (χ0v) is 16.0. The molecule has 138 valence electrons. The van der Waals surface area contributed by atoms with Crippen LogP contribution < -0.4 is 5.32 Å². The molecule has 3 heterocycles. The summed E-state index contributed by atoms with van der Waals surface area (Å²) in [4.78, 5) is 0. The van der Waals surface area contributed by atoms with Gasteiger partial charge in [-0.25, -0.2) is 0 Å². The Balaban J connectivity index is 1.41. The van der Waals surface area contributed by atoms with Crippen molar-refractivity contribution in [1.29, 1.82) is 0 Å². The number of nitrogens with zero attached hydrogens (tertiary/aromatic N) is 1. The maximum absolute atomic E-state index is 6.79. The number of rotatable bonds is 5. The lowest BCUT2D eigenvalue weighted by Crippen LogP contribution is -2.41. The van der Waals surface area contributed by atoms with Crippen LogP contribution in [0.15, 0.2) is 22.9 Å². The predicted molar refractivity (Wildman–Crippen MR) is 102 cm³/mol. The third kappa shape index (κ3) is 3.18. The maximum Gasteiger partial charge on any atom is 0.124 e. The van der Waals surface area contributed by atoms with E-state index in [0.717, 1.165) is 24.0 Å². The first-order valence-corrected chi connectivity index (χ1v) is 10.2. The summed E-state index contributed by atoms with van der Waals surface area (Å²) in [6.07, 6.45) is 8.98. The largest absolute Gasteiger partial charge is 0.373 e. The van der Waals surface area contributed by atoms with Crippen LogP contribution in [0.4, 0.5) is 0 Å². The molecule has 6 heteroatoms. The molecular formula is C20H22Cl2N2O2. The second kappa shape index (κ2) is 6.83. The number of piperidine rings is 1. The summed E-state index contributed by atoms with van der Waals surface area (Å²) in [6, 6.07) is 5.07. The summed E-state index contributed by atoms with van der Waals surface area (Å²) in [5.41, 5.74) is 3.77. The normalized spacial score (nSPS) is 27.8. The van der Waals surface area contributed by atoms with Crippen LogP contribution in [0.5, 0.6) is 0 Å². The fraction of sp³-hybridized carbons (Fsp3) is 0.550. The van der Waals surface area contributed by atoms with E-state index < -0.39 is 0 Å². The summed E-state index contributed by atoms with van der Waals surface area (Å²) < 4.78 is 11.3. The summed E-state index contributed by atoms with van der Waals surface area (Å²) in [5.74, 6) is 0.508. The predicted octanol–water partition coefficient (Wildman–Crippen LogP) is 5.33. The molecule has 2 bridgehead atoms. The molecule has 0 amide bonds. The molecular weight excluding hydrogens is 371 g/mol. The third-order valence-corrected chi connectivity index (χ3v) is 6.62. The second-order valence-electron chi connectivity index (χ2n) is 7.82. The van der Waals surface area contributed by atoms with Crippen molar-refractivity contribution in [3.05, 3.63) is 39.6 Å². The Labute approximate surface area is 163 Å². The van der Waals surface area contributed by atoms with E-state index >= 15 is 0 Å². The molecule has 1 saturated carbocycles. The van der Waals surface area contributed by atoms with Crippen molar-refractivity contribution in [3.63, 3.8) is 0 Å². The van der Waals surface area contributed by atoms with Crippen LogP contribution in [0.3, 0.4) is 0 Å². The van der Waals surface area contributed by atoms with E-state index in [4.69, 9.17) is 32.5 Å². The molecule has 1 aromatic carbocycles. The Morgan fingerprint density at radius 3 is 2.58 bits per heavy atom. The van der Waals surface area contributed by atoms with Gasteiger partial charge >= 0.3 is 0 Å². The minimum Gasteiger partial charge on any atom is -0.373 e. The van der Waals surface area contributed by atoms with Crippen LogP contribution in [-0.4, -0.2) is 23.3 Å². The Morgan fingerprint density at radius 1 is 1.15 bits per heavy atom. The second-order valence-corrected chi connectivity index (χ2v) is 8.61. The Bertz CT molecular complexity index is 793. The highest BCUT2D eigenvalue weighted by Gasteiger charge is 2.35. The zero-order valence-electron chi connectivity index (χ0n) is 14.5. The molecule has 26 heavy (non-hydrogen) atoms. The van der Waals surface area contributed by atoms with Crippen molar-refractivity contribution >= 4 is 23.2 Å². The first kappa shape index (κ1) is 17.1. The Hall–Kier alpha value is -1.07. The van der Waals surface area contributed by atoms with Crippen molar-refractivity contribution in [2.75, 3.05) is 0 Å². The number of benzene rings is 1. The maximum atomic E-state index is 6.79. The molecule has 3 fully saturated rings. The first-order valence-electron chi connectivity index (χ1n) is 9.48. The van der Waals surface area contributed by atoms with E-state index in [0.29, 0.717) is 46.5 Å². The quantitative estimate of drug-likeness (QED) is 0.746. The average Bonchev–Trinajstić information content (AvgIpc) is 3.20. The van der Waals surface area contributed by atoms with Gasteiger partial charge < -0.3 is 14.6 Å². The molecule has 2 aliphatic heterocycles. The highest BCUT2D eigenvalue weighted by atomic mass is 35.5. The smallest absolute Gasteiger partial charge is 0.124 e. The fourth-order valence-electron chi connectivity index (χ4n) is 4.54. The molecule has 2 atom stereocenters. The molecule has 0 spiro atoms. The van der Waals surface area contributed by atoms with Crippen LogP contribution in [0.2, 0.25) is 10.0 Å². The summed E-state index contributed by atoms with van der Waals surface area (Å²) >= 11 is 13.4. The number of halogens is 2. The zero-order chi connectivity index (χ0) is 17.7. The van der Waals surface area contributed by atoms with Gasteiger partial charge in [-0.3, -0.25) is 0 Å². The van der Waals surface area contributed by atoms with E-state index in [9.17, 15) is 0 Å². The Kier molecular flexibility index (Phi) is 4.48. The first-order chi connectivity index (χ1) is 12.7. The van der Waals surface area contributed by atoms with Gasteiger partial charge in [0, 0.05) is 23.7 Å². The molecule has 2 unspecified atom stereocenters. The van der Waals surface area contributed by atoms with E-state index in [2.05, 4.69) is 10.5 Å². The van der Waals surface area contributed by atoms with E-state index in [1.807, 2.05) is 6.07 Å². The SMILES string of the molecule is Clc1cc(COC2CC3CCC(C2)N3)c(C2CC2)c(Cl)c1-c1ccon1. The molecule has 1 aromatic heterocycles. The van der Waals surface area contributed by atoms with E-state index in [1.54, 1.807) is 12.3 Å². The van der Waals surface area contributed by atoms with Crippen LogP contribution in [0, 0.1) is 0 Å². The highest BCUT2D eigenvalue weighted by Crippen LogP contribution is 2.49. The van der Waals surface area contributed by atoms with Crippen LogP contribution in [0.1, 0.15) is 55.6 Å². The molecule has 1 N–H and O–H groups in total. The fourth-order valence-corrected chi connectivity index (χ4v) is 5.39. The van der Waals surface area contributed by atoms with Gasteiger partial charge in [0.15, 0.2) is 0 Å². The standard InChI is InChI=1S/C20H22Cl2N2O2/c21-16-7-12(10-25-15-8-13-3-4-14(9-15)23-13)18(11-1-2-11)20(22)19(16)17-5-6-26-24-17/h5-7,11,13-15,23H,1-4,8-10H2. The highest BCUT2D eigenvalue weighted by molar-refractivity contribution is 6.39. The molecule has 5 rings (SSSR count). The molecule has 2 aromatic rings. The van der Waals surface area contributed by atoms with E-state index in [1.165, 1.54) is 31.2 Å². The molecule has 2 saturated heterocycles. The van der Waals surface area contributed by atoms with Gasteiger partial charge in [0.2, 0.25) is 0 Å². The van der Waals surface area contributed by atoms with Crippen molar-refractivity contribution < 1.29 is 9.26 Å². The van der Waals surface area contributed by atoms with Gasteiger partial charge in [0.1, 0.15) is 12.0 Å². The summed E-state index contributed by atoms with van der Waals surface area (Å²) in [5, 5.41) is 9.00. The molecule has 1 aliphatic carbocycles. The summed E-state index contributed by atoms with van der Waals surface area (Å²) in [6.45, 7) is 0.578. The van der Waals surface area contributed by atoms with Crippen molar-refractivity contribution in [3.8, 4) is 11.3 Å². The number of ether oxygens (including phenoxy) is 1. The van der Waals surface area contributed by atoms with Gasteiger partial charge in [-0.15, -0.1) is 0 Å². The minimum absolute atomic E-state index is 0.327. The van der Waals surface area contributed by atoms with Gasteiger partial charge in [-0.05, 0) is 61.6 Å². The average molecular weight is 393 g/mol. The van der Waals surface area contributed by atoms with Crippen LogP contribution in [-0.2, 0) is 11.3 Å². The van der Waals surface area contributed by atoms with Gasteiger partial charge in [-0.1, -0.05) is 28.4 Å². The van der Waals surface area contributed by atoms with Crippen LogP contribution >= 0.6 is 23.2 Å². The lowest BCUT2D eigenvalue weighted by molar-refractivity contribution is 0.00888. The number of hydrogen-bond acceptors (Lipinski definition) is 4. The van der Waals surface area contributed by atoms with Gasteiger partial charge in [-0.2, -0.15) is 0 Å². The number of aromatic nitrogens is 1. The molecule has 4 nitrogen and oxygen atoms in total. The molecule has 3 aliphatic rings. The Morgan fingerprint density at radius 2 is 1.92 bits per heavy atom. The minimum atomic E-state index is 0.327.